The van der Waals surface area contributed by atoms with Gasteiger partial charge in [-0.2, -0.15) is 8.78 Å². The number of nitrogens with zero attached hydrogens (tertiary/aromatic N) is 1. The van der Waals surface area contributed by atoms with Crippen LogP contribution in [0.15, 0.2) is 53.5 Å². The molecule has 1 unspecified atom stereocenters. The first-order chi connectivity index (χ1) is 14.1. The summed E-state index contributed by atoms with van der Waals surface area (Å²) >= 11 is 0. The van der Waals surface area contributed by atoms with Crippen LogP contribution < -0.4 is 20.1 Å². The topological polar surface area (TPSA) is 75.1 Å². The Morgan fingerprint density at radius 1 is 1.13 bits per heavy atom. The smallest absolute Gasteiger partial charge is 0.387 e. The minimum atomic E-state index is -2.94. The molecule has 0 saturated heterocycles. The molecule has 2 rings (SSSR count). The van der Waals surface area contributed by atoms with Crippen molar-refractivity contribution in [2.24, 2.45) is 4.99 Å². The Bertz CT molecular complexity index is 779. The van der Waals surface area contributed by atoms with E-state index in [0.29, 0.717) is 30.4 Å². The summed E-state index contributed by atoms with van der Waals surface area (Å²) < 4.78 is 35.1. The number of halogens is 3. The fraction of sp³-hybridized carbons (Fsp3) is 0.381. The lowest BCUT2D eigenvalue weighted by molar-refractivity contribution is -0.0505. The number of benzene rings is 2. The molecule has 1 atom stereocenters. The zero-order valence-electron chi connectivity index (χ0n) is 17.0. The normalized spacial score (nSPS) is 12.1. The summed E-state index contributed by atoms with van der Waals surface area (Å²) in [6.07, 6.45) is 0. The fourth-order valence-corrected chi connectivity index (χ4v) is 2.74. The summed E-state index contributed by atoms with van der Waals surface area (Å²) in [5.74, 6) is 0.864. The van der Waals surface area contributed by atoms with Crippen molar-refractivity contribution in [2.75, 3.05) is 26.8 Å². The fourth-order valence-electron chi connectivity index (χ4n) is 2.74. The molecular formula is C21H28F2IN3O3. The van der Waals surface area contributed by atoms with Gasteiger partial charge in [-0.05, 0) is 24.6 Å². The maximum Gasteiger partial charge on any atom is 0.387 e. The molecule has 3 N–H and O–H groups in total. The molecule has 0 aromatic heterocycles. The van der Waals surface area contributed by atoms with E-state index in [1.807, 2.05) is 37.3 Å². The third-order valence-corrected chi connectivity index (χ3v) is 4.25. The second kappa shape index (κ2) is 14.0. The molecular weight excluding hydrogens is 507 g/mol. The van der Waals surface area contributed by atoms with Gasteiger partial charge in [0, 0.05) is 30.6 Å². The molecule has 2 aromatic carbocycles. The van der Waals surface area contributed by atoms with Gasteiger partial charge in [0.2, 0.25) is 0 Å². The lowest BCUT2D eigenvalue weighted by Gasteiger charge is -2.18. The minimum Gasteiger partial charge on any atom is -0.497 e. The number of guanidine groups is 1. The van der Waals surface area contributed by atoms with Crippen molar-refractivity contribution in [3.63, 3.8) is 0 Å². The summed E-state index contributed by atoms with van der Waals surface area (Å²) in [7, 11) is 1.46. The number of hydrogen-bond acceptors (Lipinski definition) is 4. The van der Waals surface area contributed by atoms with Gasteiger partial charge in [0.25, 0.3) is 0 Å². The Morgan fingerprint density at radius 2 is 1.87 bits per heavy atom. The first-order valence-electron chi connectivity index (χ1n) is 9.37. The van der Waals surface area contributed by atoms with Crippen LogP contribution in [-0.2, 0) is 6.54 Å². The largest absolute Gasteiger partial charge is 0.497 e. The van der Waals surface area contributed by atoms with Crippen molar-refractivity contribution >= 4 is 29.9 Å². The van der Waals surface area contributed by atoms with E-state index in [-0.39, 0.29) is 48.8 Å². The lowest BCUT2D eigenvalue weighted by Crippen LogP contribution is -2.39. The minimum absolute atomic E-state index is 0. The molecule has 0 saturated carbocycles. The number of nitrogens with one attached hydrogen (secondary N) is 2. The van der Waals surface area contributed by atoms with Gasteiger partial charge >= 0.3 is 6.61 Å². The Labute approximate surface area is 192 Å². The van der Waals surface area contributed by atoms with Crippen LogP contribution in [-0.4, -0.2) is 44.5 Å². The van der Waals surface area contributed by atoms with Crippen LogP contribution in [0.3, 0.4) is 0 Å². The van der Waals surface area contributed by atoms with Gasteiger partial charge in [0.05, 0.1) is 20.3 Å². The average molecular weight is 535 g/mol. The molecule has 0 aliphatic heterocycles. The van der Waals surface area contributed by atoms with Crippen molar-refractivity contribution in [3.8, 4) is 11.5 Å². The first-order valence-corrected chi connectivity index (χ1v) is 9.37. The summed E-state index contributed by atoms with van der Waals surface area (Å²) in [4.78, 5) is 4.45. The van der Waals surface area contributed by atoms with Crippen LogP contribution in [0.5, 0.6) is 11.5 Å². The second-order valence-corrected chi connectivity index (χ2v) is 6.22. The van der Waals surface area contributed by atoms with E-state index < -0.39 is 6.61 Å². The van der Waals surface area contributed by atoms with Gasteiger partial charge in [0.15, 0.2) is 5.96 Å². The van der Waals surface area contributed by atoms with E-state index >= 15 is 0 Å². The monoisotopic (exact) mass is 535 g/mol. The Hall–Kier alpha value is -2.14. The summed E-state index contributed by atoms with van der Waals surface area (Å²) in [6.45, 7) is 0.209. The van der Waals surface area contributed by atoms with Gasteiger partial charge < -0.3 is 25.2 Å². The SMILES string of the molecule is CCNC(=NCc1ccc(OC)cc1OC(F)F)NCC(CO)c1ccccc1.I. The van der Waals surface area contributed by atoms with Crippen LogP contribution in [0, 0.1) is 0 Å². The molecule has 2 aromatic rings. The first kappa shape index (κ1) is 25.9. The number of hydrogen-bond donors (Lipinski definition) is 3. The standard InChI is InChI=1S/C21H27F2N3O3.HI/c1-3-24-21(26-13-17(14-27)15-7-5-4-6-8-15)25-12-16-9-10-18(28-2)11-19(16)29-20(22)23;/h4-11,17,20,27H,3,12-14H2,1-2H3,(H2,24,25,26);1H. The number of methoxy groups -OCH3 is 1. The zero-order valence-corrected chi connectivity index (χ0v) is 19.3. The second-order valence-electron chi connectivity index (χ2n) is 6.22. The Kier molecular flexibility index (Phi) is 12.1. The highest BCUT2D eigenvalue weighted by Gasteiger charge is 2.13. The van der Waals surface area contributed by atoms with Crippen molar-refractivity contribution in [2.45, 2.75) is 26.0 Å². The predicted molar refractivity (Wildman–Crippen MR) is 124 cm³/mol. The van der Waals surface area contributed by atoms with E-state index in [2.05, 4.69) is 20.4 Å². The molecule has 0 bridgehead atoms. The number of ether oxygens (including phenoxy) is 2. The molecule has 6 nitrogen and oxygen atoms in total. The van der Waals surface area contributed by atoms with E-state index in [0.717, 1.165) is 5.56 Å². The lowest BCUT2D eigenvalue weighted by atomic mass is 10.0. The Morgan fingerprint density at radius 3 is 2.47 bits per heavy atom. The Balaban J connectivity index is 0.00000450. The summed E-state index contributed by atoms with van der Waals surface area (Å²) in [5.41, 5.74) is 1.52. The number of aliphatic hydroxyl groups excluding tert-OH is 1. The van der Waals surface area contributed by atoms with Gasteiger partial charge in [-0.3, -0.25) is 0 Å². The van der Waals surface area contributed by atoms with Gasteiger partial charge in [-0.15, -0.1) is 24.0 Å². The van der Waals surface area contributed by atoms with Crippen LogP contribution in [0.4, 0.5) is 8.78 Å². The molecule has 0 fully saturated rings. The number of aliphatic imine (C=N–C) groups is 1. The van der Waals surface area contributed by atoms with E-state index in [1.165, 1.54) is 13.2 Å². The van der Waals surface area contributed by atoms with Crippen molar-refractivity contribution in [1.29, 1.82) is 0 Å². The number of alkyl halides is 2. The number of aliphatic hydroxyl groups is 1. The molecule has 9 heteroatoms. The third-order valence-electron chi connectivity index (χ3n) is 4.25. The average Bonchev–Trinajstić information content (AvgIpc) is 2.73. The molecule has 166 valence electrons. The highest BCUT2D eigenvalue weighted by molar-refractivity contribution is 14.0. The van der Waals surface area contributed by atoms with Crippen LogP contribution in [0.1, 0.15) is 24.0 Å². The van der Waals surface area contributed by atoms with Crippen molar-refractivity contribution in [1.82, 2.24) is 10.6 Å². The molecule has 0 aliphatic carbocycles. The quantitative estimate of drug-likeness (QED) is 0.246. The zero-order chi connectivity index (χ0) is 21.1. The van der Waals surface area contributed by atoms with E-state index in [4.69, 9.17) is 4.74 Å². The highest BCUT2D eigenvalue weighted by Crippen LogP contribution is 2.27. The number of rotatable bonds is 10. The summed E-state index contributed by atoms with van der Waals surface area (Å²) in [6, 6.07) is 14.4. The predicted octanol–water partition coefficient (Wildman–Crippen LogP) is 3.75. The van der Waals surface area contributed by atoms with Crippen LogP contribution in [0.25, 0.3) is 0 Å². The van der Waals surface area contributed by atoms with Crippen LogP contribution in [0.2, 0.25) is 0 Å². The molecule has 0 amide bonds. The molecule has 0 heterocycles. The molecule has 0 radical (unpaired) electrons. The highest BCUT2D eigenvalue weighted by atomic mass is 127. The maximum absolute atomic E-state index is 12.7. The third kappa shape index (κ3) is 8.31. The molecule has 0 spiro atoms. The van der Waals surface area contributed by atoms with Gasteiger partial charge in [0.1, 0.15) is 11.5 Å². The van der Waals surface area contributed by atoms with Crippen LogP contribution >= 0.6 is 24.0 Å². The van der Waals surface area contributed by atoms with Crippen molar-refractivity contribution < 1.29 is 23.4 Å². The van der Waals surface area contributed by atoms with E-state index in [9.17, 15) is 13.9 Å². The van der Waals surface area contributed by atoms with Crippen molar-refractivity contribution in [3.05, 3.63) is 59.7 Å². The maximum atomic E-state index is 12.7. The summed E-state index contributed by atoms with van der Waals surface area (Å²) in [5, 5.41) is 16.0. The van der Waals surface area contributed by atoms with Gasteiger partial charge in [-0.1, -0.05) is 30.3 Å². The molecule has 0 aliphatic rings. The van der Waals surface area contributed by atoms with Gasteiger partial charge in [-0.25, -0.2) is 4.99 Å². The van der Waals surface area contributed by atoms with E-state index in [1.54, 1.807) is 12.1 Å². The molecule has 30 heavy (non-hydrogen) atoms.